The first-order chi connectivity index (χ1) is 9.97. The van der Waals surface area contributed by atoms with Crippen LogP contribution >= 0.6 is 11.6 Å². The van der Waals surface area contributed by atoms with Crippen LogP contribution in [0.4, 0.5) is 5.69 Å². The zero-order valence-corrected chi connectivity index (χ0v) is 12.5. The Kier molecular flexibility index (Phi) is 3.29. The van der Waals surface area contributed by atoms with Crippen molar-refractivity contribution < 1.29 is 9.59 Å². The van der Waals surface area contributed by atoms with Gasteiger partial charge in [-0.25, -0.2) is 4.90 Å². The molecule has 0 N–H and O–H groups in total. The Morgan fingerprint density at radius 2 is 2.00 bits per heavy atom. The molecule has 0 unspecified atom stereocenters. The number of carbonyl (C=O) groups is 2. The van der Waals surface area contributed by atoms with E-state index in [4.69, 9.17) is 11.6 Å². The van der Waals surface area contributed by atoms with E-state index in [0.717, 1.165) is 11.4 Å². The summed E-state index contributed by atoms with van der Waals surface area (Å²) in [7, 11) is 0. The van der Waals surface area contributed by atoms with Crippen LogP contribution in [-0.4, -0.2) is 21.6 Å². The first-order valence-corrected chi connectivity index (χ1v) is 7.00. The first-order valence-electron chi connectivity index (χ1n) is 6.62. The number of benzene rings is 1. The van der Waals surface area contributed by atoms with Gasteiger partial charge in [-0.15, -0.1) is 0 Å². The zero-order valence-electron chi connectivity index (χ0n) is 11.7. The van der Waals surface area contributed by atoms with E-state index in [1.54, 1.807) is 28.9 Å². The largest absolute Gasteiger partial charge is 0.274 e. The van der Waals surface area contributed by atoms with Crippen molar-refractivity contribution >= 4 is 29.1 Å². The maximum Gasteiger partial charge on any atom is 0.259 e. The molecule has 2 amide bonds. The molecule has 0 spiro atoms. The van der Waals surface area contributed by atoms with E-state index in [0.29, 0.717) is 10.7 Å². The molecule has 21 heavy (non-hydrogen) atoms. The summed E-state index contributed by atoms with van der Waals surface area (Å²) in [6.07, 6.45) is 0.118. The molecule has 1 saturated heterocycles. The predicted octanol–water partition coefficient (Wildman–Crippen LogP) is 2.66. The van der Waals surface area contributed by atoms with Gasteiger partial charge in [0.15, 0.2) is 0 Å². The van der Waals surface area contributed by atoms with E-state index in [9.17, 15) is 9.59 Å². The third-order valence-corrected chi connectivity index (χ3v) is 3.76. The monoisotopic (exact) mass is 303 g/mol. The highest BCUT2D eigenvalue weighted by molar-refractivity contribution is 6.31. The molecular weight excluding hydrogens is 290 g/mol. The van der Waals surface area contributed by atoms with Crippen molar-refractivity contribution in [3.8, 4) is 0 Å². The van der Waals surface area contributed by atoms with Gasteiger partial charge in [0, 0.05) is 10.7 Å². The van der Waals surface area contributed by atoms with E-state index in [1.165, 1.54) is 4.90 Å². The molecule has 1 aliphatic heterocycles. The van der Waals surface area contributed by atoms with Crippen molar-refractivity contribution in [2.45, 2.75) is 26.3 Å². The minimum absolute atomic E-state index is 0.118. The molecule has 1 aliphatic rings. The van der Waals surface area contributed by atoms with Crippen molar-refractivity contribution in [1.82, 2.24) is 9.78 Å². The normalized spacial score (nSPS) is 18.6. The lowest BCUT2D eigenvalue weighted by Crippen LogP contribution is -2.31. The van der Waals surface area contributed by atoms with Gasteiger partial charge in [-0.05, 0) is 38.1 Å². The van der Waals surface area contributed by atoms with Crippen LogP contribution in [0.15, 0.2) is 30.3 Å². The smallest absolute Gasteiger partial charge is 0.259 e. The standard InChI is InChI=1S/C15H14ClN3O2/c1-9-6-10(2)19(17-9)13-8-14(20)18(15(13)21)12-5-3-4-11(16)7-12/h3-7,13H,8H2,1-2H3/t13-/m0/s1. The molecule has 1 atom stereocenters. The molecule has 108 valence electrons. The van der Waals surface area contributed by atoms with Gasteiger partial charge in [0.1, 0.15) is 6.04 Å². The van der Waals surface area contributed by atoms with E-state index >= 15 is 0 Å². The van der Waals surface area contributed by atoms with Gasteiger partial charge in [0.05, 0.1) is 17.8 Å². The van der Waals surface area contributed by atoms with E-state index in [-0.39, 0.29) is 18.2 Å². The van der Waals surface area contributed by atoms with Crippen molar-refractivity contribution in [2.75, 3.05) is 4.90 Å². The molecule has 0 saturated carbocycles. The summed E-state index contributed by atoms with van der Waals surface area (Å²) in [5.41, 5.74) is 2.20. The van der Waals surface area contributed by atoms with Crippen LogP contribution in [-0.2, 0) is 9.59 Å². The van der Waals surface area contributed by atoms with Gasteiger partial charge >= 0.3 is 0 Å². The number of nitrogens with zero attached hydrogens (tertiary/aromatic N) is 3. The molecule has 0 radical (unpaired) electrons. The van der Waals surface area contributed by atoms with Gasteiger partial charge in [-0.2, -0.15) is 5.10 Å². The van der Waals surface area contributed by atoms with Gasteiger partial charge < -0.3 is 0 Å². The molecule has 0 aliphatic carbocycles. The number of hydrogen-bond donors (Lipinski definition) is 0. The minimum atomic E-state index is -0.579. The summed E-state index contributed by atoms with van der Waals surface area (Å²) in [6.45, 7) is 3.74. The van der Waals surface area contributed by atoms with Crippen LogP contribution in [0.1, 0.15) is 23.9 Å². The van der Waals surface area contributed by atoms with Crippen LogP contribution in [0.3, 0.4) is 0 Å². The fourth-order valence-corrected chi connectivity index (χ4v) is 2.84. The van der Waals surface area contributed by atoms with E-state index in [2.05, 4.69) is 5.10 Å². The lowest BCUT2D eigenvalue weighted by Gasteiger charge is -2.16. The number of carbonyl (C=O) groups excluding carboxylic acids is 2. The minimum Gasteiger partial charge on any atom is -0.274 e. The molecule has 3 rings (SSSR count). The molecule has 5 nitrogen and oxygen atoms in total. The predicted molar refractivity (Wildman–Crippen MR) is 79.3 cm³/mol. The number of aromatic nitrogens is 2. The van der Waals surface area contributed by atoms with Crippen LogP contribution in [0.2, 0.25) is 5.02 Å². The van der Waals surface area contributed by atoms with Crippen molar-refractivity contribution in [3.63, 3.8) is 0 Å². The Labute approximate surface area is 127 Å². The summed E-state index contributed by atoms with van der Waals surface area (Å²) < 4.78 is 1.63. The first kappa shape index (κ1) is 13.8. The van der Waals surface area contributed by atoms with E-state index in [1.807, 2.05) is 19.9 Å². The number of amides is 2. The van der Waals surface area contributed by atoms with Crippen LogP contribution in [0.25, 0.3) is 0 Å². The van der Waals surface area contributed by atoms with Gasteiger partial charge in [-0.1, -0.05) is 17.7 Å². The third-order valence-electron chi connectivity index (χ3n) is 3.53. The second kappa shape index (κ2) is 5.00. The second-order valence-corrected chi connectivity index (χ2v) is 5.58. The topological polar surface area (TPSA) is 55.2 Å². The van der Waals surface area contributed by atoms with Crippen molar-refractivity contribution in [2.24, 2.45) is 0 Å². The summed E-state index contributed by atoms with van der Waals surface area (Å²) in [6, 6.07) is 8.04. The molecule has 1 fully saturated rings. The fraction of sp³-hybridized carbons (Fsp3) is 0.267. The van der Waals surface area contributed by atoms with Crippen LogP contribution in [0.5, 0.6) is 0 Å². The summed E-state index contributed by atoms with van der Waals surface area (Å²) in [5, 5.41) is 4.80. The molecular formula is C15H14ClN3O2. The molecule has 0 bridgehead atoms. The summed E-state index contributed by atoms with van der Waals surface area (Å²) >= 11 is 5.93. The SMILES string of the molecule is Cc1cc(C)n([C@H]2CC(=O)N(c3cccc(Cl)c3)C2=O)n1. The summed E-state index contributed by atoms with van der Waals surface area (Å²) in [4.78, 5) is 26.0. The van der Waals surface area contributed by atoms with Gasteiger partial charge in [0.2, 0.25) is 5.91 Å². The Balaban J connectivity index is 1.98. The quantitative estimate of drug-likeness (QED) is 0.802. The number of anilines is 1. The molecule has 6 heteroatoms. The number of imide groups is 1. The van der Waals surface area contributed by atoms with Crippen LogP contribution in [0, 0.1) is 13.8 Å². The summed E-state index contributed by atoms with van der Waals surface area (Å²) in [5.74, 6) is -0.506. The maximum absolute atomic E-state index is 12.6. The number of hydrogen-bond acceptors (Lipinski definition) is 3. The number of rotatable bonds is 2. The Morgan fingerprint density at radius 3 is 2.62 bits per heavy atom. The number of aryl methyl sites for hydroxylation is 2. The van der Waals surface area contributed by atoms with Crippen LogP contribution < -0.4 is 4.90 Å². The fourth-order valence-electron chi connectivity index (χ4n) is 2.66. The zero-order chi connectivity index (χ0) is 15.1. The van der Waals surface area contributed by atoms with Gasteiger partial charge in [0.25, 0.3) is 5.91 Å². The third kappa shape index (κ3) is 2.34. The Morgan fingerprint density at radius 1 is 1.24 bits per heavy atom. The Hall–Kier alpha value is -2.14. The van der Waals surface area contributed by atoms with Crippen molar-refractivity contribution in [3.05, 3.63) is 46.7 Å². The molecule has 1 aromatic carbocycles. The molecule has 2 heterocycles. The lowest BCUT2D eigenvalue weighted by atomic mass is 10.2. The maximum atomic E-state index is 12.6. The van der Waals surface area contributed by atoms with E-state index < -0.39 is 6.04 Å². The average Bonchev–Trinajstić information content (AvgIpc) is 2.89. The lowest BCUT2D eigenvalue weighted by molar-refractivity contribution is -0.122. The number of halogens is 1. The average molecular weight is 304 g/mol. The second-order valence-electron chi connectivity index (χ2n) is 5.14. The molecule has 1 aromatic heterocycles. The highest BCUT2D eigenvalue weighted by Gasteiger charge is 2.41. The van der Waals surface area contributed by atoms with Crippen molar-refractivity contribution in [1.29, 1.82) is 0 Å². The highest BCUT2D eigenvalue weighted by atomic mass is 35.5. The van der Waals surface area contributed by atoms with Gasteiger partial charge in [-0.3, -0.25) is 14.3 Å². The Bertz CT molecular complexity index is 738. The molecule has 2 aromatic rings. The highest BCUT2D eigenvalue weighted by Crippen LogP contribution is 2.31.